The van der Waals surface area contributed by atoms with Gasteiger partial charge in [0.2, 0.25) is 5.28 Å². The Kier molecular flexibility index (Phi) is 3.99. The standard InChI is InChI=1S/C12H10Cl2FN3/c1-18(7-8-2-4-9(15)5-3-8)11-10(13)6-16-12(14)17-11/h2-6H,7H2,1H3. The van der Waals surface area contributed by atoms with Crippen LogP contribution in [0.25, 0.3) is 0 Å². The highest BCUT2D eigenvalue weighted by Gasteiger charge is 2.10. The molecule has 0 saturated carbocycles. The lowest BCUT2D eigenvalue weighted by Crippen LogP contribution is -2.18. The molecule has 2 aromatic rings. The summed E-state index contributed by atoms with van der Waals surface area (Å²) in [5.41, 5.74) is 0.949. The highest BCUT2D eigenvalue weighted by atomic mass is 35.5. The number of hydrogen-bond donors (Lipinski definition) is 0. The van der Waals surface area contributed by atoms with Crippen LogP contribution in [0.1, 0.15) is 5.56 Å². The number of nitrogens with zero attached hydrogens (tertiary/aromatic N) is 3. The Bertz CT molecular complexity index is 546. The molecule has 3 nitrogen and oxygen atoms in total. The lowest BCUT2D eigenvalue weighted by molar-refractivity contribution is 0.627. The average molecular weight is 286 g/mol. The Labute approximate surface area is 114 Å². The molecule has 0 aliphatic heterocycles. The van der Waals surface area contributed by atoms with Gasteiger partial charge >= 0.3 is 0 Å². The first-order valence-corrected chi connectivity index (χ1v) is 5.95. The first-order chi connectivity index (χ1) is 8.56. The molecule has 0 spiro atoms. The van der Waals surface area contributed by atoms with Crippen molar-refractivity contribution >= 4 is 29.0 Å². The summed E-state index contributed by atoms with van der Waals surface area (Å²) in [7, 11) is 1.83. The van der Waals surface area contributed by atoms with Crippen molar-refractivity contribution in [2.75, 3.05) is 11.9 Å². The smallest absolute Gasteiger partial charge is 0.224 e. The first kappa shape index (κ1) is 13.1. The van der Waals surface area contributed by atoms with Crippen molar-refractivity contribution in [3.05, 3.63) is 52.1 Å². The molecule has 0 amide bonds. The molecule has 18 heavy (non-hydrogen) atoms. The van der Waals surface area contributed by atoms with Crippen molar-refractivity contribution in [2.24, 2.45) is 0 Å². The van der Waals surface area contributed by atoms with Gasteiger partial charge in [0, 0.05) is 13.6 Å². The van der Waals surface area contributed by atoms with Crippen molar-refractivity contribution in [3.63, 3.8) is 0 Å². The third kappa shape index (κ3) is 3.09. The predicted molar refractivity (Wildman–Crippen MR) is 70.6 cm³/mol. The van der Waals surface area contributed by atoms with Gasteiger partial charge in [-0.1, -0.05) is 23.7 Å². The second-order valence-electron chi connectivity index (χ2n) is 3.79. The number of halogens is 3. The Morgan fingerprint density at radius 1 is 1.22 bits per heavy atom. The summed E-state index contributed by atoms with van der Waals surface area (Å²) in [5, 5.41) is 0.560. The molecule has 0 fully saturated rings. The van der Waals surface area contributed by atoms with E-state index in [-0.39, 0.29) is 11.1 Å². The third-order valence-corrected chi connectivity index (χ3v) is 2.84. The minimum Gasteiger partial charge on any atom is -0.354 e. The largest absolute Gasteiger partial charge is 0.354 e. The van der Waals surface area contributed by atoms with Crippen LogP contribution >= 0.6 is 23.2 Å². The number of aromatic nitrogens is 2. The van der Waals surface area contributed by atoms with Crippen LogP contribution in [0.4, 0.5) is 10.2 Å². The van der Waals surface area contributed by atoms with Gasteiger partial charge in [0.05, 0.1) is 6.20 Å². The van der Waals surface area contributed by atoms with Crippen LogP contribution in [0.15, 0.2) is 30.5 Å². The number of hydrogen-bond acceptors (Lipinski definition) is 3. The summed E-state index contributed by atoms with van der Waals surface area (Å²) in [5.74, 6) is 0.283. The molecule has 0 bridgehead atoms. The van der Waals surface area contributed by atoms with Crippen molar-refractivity contribution < 1.29 is 4.39 Å². The molecule has 1 heterocycles. The molecule has 1 aromatic carbocycles. The maximum Gasteiger partial charge on any atom is 0.224 e. The Balaban J connectivity index is 2.18. The molecule has 0 saturated heterocycles. The highest BCUT2D eigenvalue weighted by Crippen LogP contribution is 2.24. The topological polar surface area (TPSA) is 29.0 Å². The Morgan fingerprint density at radius 2 is 1.89 bits per heavy atom. The summed E-state index contributed by atoms with van der Waals surface area (Å²) in [6, 6.07) is 6.25. The second-order valence-corrected chi connectivity index (χ2v) is 4.54. The van der Waals surface area contributed by atoms with Gasteiger partial charge in [0.25, 0.3) is 0 Å². The molecule has 0 radical (unpaired) electrons. The molecule has 94 valence electrons. The molecule has 0 aliphatic carbocycles. The monoisotopic (exact) mass is 285 g/mol. The zero-order valence-corrected chi connectivity index (χ0v) is 11.1. The van der Waals surface area contributed by atoms with E-state index < -0.39 is 0 Å². The zero-order chi connectivity index (χ0) is 13.1. The van der Waals surface area contributed by atoms with E-state index in [4.69, 9.17) is 23.2 Å². The van der Waals surface area contributed by atoms with Gasteiger partial charge < -0.3 is 4.90 Å². The van der Waals surface area contributed by atoms with Gasteiger partial charge in [-0.2, -0.15) is 4.98 Å². The van der Waals surface area contributed by atoms with Crippen LogP contribution in [0, 0.1) is 5.82 Å². The molecule has 0 N–H and O–H groups in total. The molecule has 1 aromatic heterocycles. The van der Waals surface area contributed by atoms with E-state index in [2.05, 4.69) is 9.97 Å². The van der Waals surface area contributed by atoms with E-state index in [0.29, 0.717) is 17.4 Å². The van der Waals surface area contributed by atoms with Crippen LogP contribution in [0.3, 0.4) is 0 Å². The molecular formula is C12H10Cl2FN3. The normalized spacial score (nSPS) is 10.4. The minimum atomic E-state index is -0.260. The third-order valence-electron chi connectivity index (χ3n) is 2.39. The van der Waals surface area contributed by atoms with Crippen LogP contribution in [0.2, 0.25) is 10.3 Å². The van der Waals surface area contributed by atoms with Crippen molar-refractivity contribution in [1.29, 1.82) is 0 Å². The van der Waals surface area contributed by atoms with Crippen LogP contribution in [0.5, 0.6) is 0 Å². The van der Waals surface area contributed by atoms with Gasteiger partial charge in [-0.05, 0) is 29.3 Å². The Hall–Kier alpha value is -1.39. The highest BCUT2D eigenvalue weighted by molar-refractivity contribution is 6.33. The van der Waals surface area contributed by atoms with E-state index >= 15 is 0 Å². The molecule has 0 unspecified atom stereocenters. The SMILES string of the molecule is CN(Cc1ccc(F)cc1)c1nc(Cl)ncc1Cl. The van der Waals surface area contributed by atoms with E-state index in [1.807, 2.05) is 11.9 Å². The fourth-order valence-corrected chi connectivity index (χ4v) is 1.91. The fraction of sp³-hybridized carbons (Fsp3) is 0.167. The van der Waals surface area contributed by atoms with E-state index in [9.17, 15) is 4.39 Å². The molecule has 6 heteroatoms. The van der Waals surface area contributed by atoms with Crippen LogP contribution in [-0.4, -0.2) is 17.0 Å². The molecule has 0 atom stereocenters. The van der Waals surface area contributed by atoms with Crippen LogP contribution in [-0.2, 0) is 6.54 Å². The molecule has 2 rings (SSSR count). The maximum absolute atomic E-state index is 12.8. The summed E-state index contributed by atoms with van der Waals surface area (Å²) >= 11 is 11.7. The van der Waals surface area contributed by atoms with Gasteiger partial charge in [-0.25, -0.2) is 9.37 Å². The van der Waals surface area contributed by atoms with Gasteiger partial charge in [0.1, 0.15) is 10.8 Å². The van der Waals surface area contributed by atoms with Gasteiger partial charge in [0.15, 0.2) is 5.82 Å². The van der Waals surface area contributed by atoms with Crippen molar-refractivity contribution in [1.82, 2.24) is 9.97 Å². The Morgan fingerprint density at radius 3 is 2.56 bits per heavy atom. The van der Waals surface area contributed by atoms with Gasteiger partial charge in [-0.15, -0.1) is 0 Å². The average Bonchev–Trinajstić information content (AvgIpc) is 2.35. The lowest BCUT2D eigenvalue weighted by atomic mass is 10.2. The second kappa shape index (κ2) is 5.50. The summed E-state index contributed by atoms with van der Waals surface area (Å²) in [6.07, 6.45) is 1.45. The predicted octanol–water partition coefficient (Wildman–Crippen LogP) is 3.56. The molecule has 0 aliphatic rings. The van der Waals surface area contributed by atoms with Crippen molar-refractivity contribution in [3.8, 4) is 0 Å². The maximum atomic E-state index is 12.8. The van der Waals surface area contributed by atoms with Gasteiger partial charge in [-0.3, -0.25) is 0 Å². The summed E-state index contributed by atoms with van der Waals surface area (Å²) < 4.78 is 12.8. The summed E-state index contributed by atoms with van der Waals surface area (Å²) in [4.78, 5) is 9.67. The quantitative estimate of drug-likeness (QED) is 0.808. The number of benzene rings is 1. The van der Waals surface area contributed by atoms with E-state index in [0.717, 1.165) is 5.56 Å². The minimum absolute atomic E-state index is 0.139. The molecular weight excluding hydrogens is 276 g/mol. The van der Waals surface area contributed by atoms with E-state index in [1.165, 1.54) is 18.3 Å². The number of anilines is 1. The zero-order valence-electron chi connectivity index (χ0n) is 9.57. The van der Waals surface area contributed by atoms with Crippen molar-refractivity contribution in [2.45, 2.75) is 6.54 Å². The fourth-order valence-electron chi connectivity index (χ4n) is 1.54. The number of rotatable bonds is 3. The van der Waals surface area contributed by atoms with Crippen LogP contribution < -0.4 is 4.90 Å². The first-order valence-electron chi connectivity index (χ1n) is 5.20. The van der Waals surface area contributed by atoms with E-state index in [1.54, 1.807) is 12.1 Å². The summed E-state index contributed by atoms with van der Waals surface area (Å²) in [6.45, 7) is 0.549. The lowest BCUT2D eigenvalue weighted by Gasteiger charge is -2.19.